The topological polar surface area (TPSA) is 122 Å². The van der Waals surface area contributed by atoms with Crippen molar-refractivity contribution < 1.29 is 32.5 Å². The third-order valence-electron chi connectivity index (χ3n) is 5.50. The van der Waals surface area contributed by atoms with Crippen LogP contribution in [0.3, 0.4) is 0 Å². The molecule has 3 amide bonds. The van der Waals surface area contributed by atoms with Gasteiger partial charge in [-0.05, 0) is 42.5 Å². The van der Waals surface area contributed by atoms with Crippen molar-refractivity contribution >= 4 is 52.1 Å². The molecule has 2 N–H and O–H groups in total. The second kappa shape index (κ2) is 9.90. The van der Waals surface area contributed by atoms with Crippen molar-refractivity contribution in [1.82, 2.24) is 0 Å². The molecular weight excluding hydrogens is 517 g/mol. The van der Waals surface area contributed by atoms with E-state index in [1.165, 1.54) is 24.3 Å². The van der Waals surface area contributed by atoms with E-state index in [0.717, 1.165) is 35.2 Å². The minimum Gasteiger partial charge on any atom is -0.326 e. The molecule has 0 radical (unpaired) electrons. The maximum atomic E-state index is 13.5. The monoisotopic (exact) mass is 532 g/mol. The van der Waals surface area contributed by atoms with Crippen molar-refractivity contribution in [1.29, 1.82) is 0 Å². The summed E-state index contributed by atoms with van der Waals surface area (Å²) in [6, 6.07) is 12.1. The van der Waals surface area contributed by atoms with Gasteiger partial charge in [-0.3, -0.25) is 29.4 Å². The van der Waals surface area contributed by atoms with E-state index in [1.54, 1.807) is 12.1 Å². The molecule has 0 fully saturated rings. The van der Waals surface area contributed by atoms with Crippen LogP contribution in [0, 0.1) is 10.1 Å². The number of alkyl halides is 3. The highest BCUT2D eigenvalue weighted by Gasteiger charge is 2.39. The smallest absolute Gasteiger partial charge is 0.326 e. The first-order valence-electron chi connectivity index (χ1n) is 10.6. The van der Waals surface area contributed by atoms with Gasteiger partial charge >= 0.3 is 6.18 Å². The fourth-order valence-electron chi connectivity index (χ4n) is 3.81. The molecule has 1 atom stereocenters. The van der Waals surface area contributed by atoms with Gasteiger partial charge in [-0.1, -0.05) is 29.8 Å². The van der Waals surface area contributed by atoms with Crippen LogP contribution in [0.2, 0.25) is 5.02 Å². The standard InChI is InChI=1S/C24H16ClF3N4O5/c25-16-9-8-13(10-19(16)32(36)37)23(35)31-18-7-2-1-6-17(18)30-22(34)20(31)12-21(33)29-15-5-3-4-14(11-15)24(26,27)28/h1-11,20H,12H2,(H,29,33)(H,30,34)/t20-/m0/s1. The van der Waals surface area contributed by atoms with Gasteiger partial charge in [0.05, 0.1) is 28.3 Å². The molecule has 0 unspecified atom stereocenters. The van der Waals surface area contributed by atoms with Gasteiger partial charge in [0, 0.05) is 17.3 Å². The normalized spacial score (nSPS) is 15.0. The molecular formula is C24H16ClF3N4O5. The van der Waals surface area contributed by atoms with E-state index in [4.69, 9.17) is 11.6 Å². The third kappa shape index (κ3) is 5.38. The molecule has 1 aliphatic rings. The van der Waals surface area contributed by atoms with E-state index in [9.17, 15) is 37.7 Å². The number of rotatable bonds is 5. The van der Waals surface area contributed by atoms with Crippen LogP contribution in [0.5, 0.6) is 0 Å². The summed E-state index contributed by atoms with van der Waals surface area (Å²) in [7, 11) is 0. The Labute approximate surface area is 212 Å². The minimum absolute atomic E-state index is 0.150. The van der Waals surface area contributed by atoms with E-state index >= 15 is 0 Å². The highest BCUT2D eigenvalue weighted by Crippen LogP contribution is 2.36. The summed E-state index contributed by atoms with van der Waals surface area (Å²) < 4.78 is 39.0. The Kier molecular flexibility index (Phi) is 6.86. The number of fused-ring (bicyclic) bond motifs is 1. The number of hydrogen-bond donors (Lipinski definition) is 2. The molecule has 37 heavy (non-hydrogen) atoms. The number of nitro groups is 1. The van der Waals surface area contributed by atoms with Crippen molar-refractivity contribution in [3.05, 3.63) is 93.0 Å². The summed E-state index contributed by atoms with van der Waals surface area (Å²) in [5, 5.41) is 16.0. The van der Waals surface area contributed by atoms with Crippen LogP contribution in [-0.4, -0.2) is 28.7 Å². The zero-order chi connectivity index (χ0) is 26.9. The maximum Gasteiger partial charge on any atom is 0.416 e. The molecule has 1 heterocycles. The molecule has 0 saturated carbocycles. The summed E-state index contributed by atoms with van der Waals surface area (Å²) in [6.45, 7) is 0. The summed E-state index contributed by atoms with van der Waals surface area (Å²) in [5.74, 6) is -2.38. The third-order valence-corrected chi connectivity index (χ3v) is 5.82. The summed E-state index contributed by atoms with van der Waals surface area (Å²) in [4.78, 5) is 50.8. The van der Waals surface area contributed by atoms with E-state index < -0.39 is 52.5 Å². The summed E-state index contributed by atoms with van der Waals surface area (Å²) in [5.41, 5.74) is -1.33. The molecule has 0 spiro atoms. The van der Waals surface area contributed by atoms with Crippen LogP contribution in [0.15, 0.2) is 66.7 Å². The number of nitrogens with zero attached hydrogens (tertiary/aromatic N) is 2. The number of nitrogens with one attached hydrogen (secondary N) is 2. The first kappa shape index (κ1) is 25.6. The van der Waals surface area contributed by atoms with Gasteiger partial charge in [-0.25, -0.2) is 0 Å². The molecule has 1 aliphatic heterocycles. The van der Waals surface area contributed by atoms with E-state index in [2.05, 4.69) is 10.6 Å². The van der Waals surface area contributed by atoms with Crippen molar-refractivity contribution in [3.63, 3.8) is 0 Å². The van der Waals surface area contributed by atoms with Crippen molar-refractivity contribution in [2.45, 2.75) is 18.6 Å². The maximum absolute atomic E-state index is 13.5. The lowest BCUT2D eigenvalue weighted by molar-refractivity contribution is -0.384. The van der Waals surface area contributed by atoms with Crippen molar-refractivity contribution in [2.24, 2.45) is 0 Å². The van der Waals surface area contributed by atoms with Crippen LogP contribution < -0.4 is 15.5 Å². The average molecular weight is 533 g/mol. The lowest BCUT2D eigenvalue weighted by atomic mass is 10.0. The minimum atomic E-state index is -4.63. The number of nitro benzene ring substituents is 1. The predicted octanol–water partition coefficient (Wildman–Crippen LogP) is 5.26. The van der Waals surface area contributed by atoms with Gasteiger partial charge in [0.15, 0.2) is 0 Å². The van der Waals surface area contributed by atoms with Gasteiger partial charge in [0.25, 0.3) is 11.6 Å². The van der Waals surface area contributed by atoms with Crippen LogP contribution in [-0.2, 0) is 15.8 Å². The second-order valence-corrected chi connectivity index (χ2v) is 8.36. The molecule has 0 aliphatic carbocycles. The number of hydrogen-bond acceptors (Lipinski definition) is 5. The van der Waals surface area contributed by atoms with Gasteiger partial charge in [-0.15, -0.1) is 0 Å². The predicted molar refractivity (Wildman–Crippen MR) is 128 cm³/mol. The number of carbonyl (C=O) groups excluding carboxylic acids is 3. The zero-order valence-electron chi connectivity index (χ0n) is 18.6. The number of halogens is 4. The molecule has 0 bridgehead atoms. The Morgan fingerprint density at radius 2 is 1.81 bits per heavy atom. The van der Waals surface area contributed by atoms with Crippen LogP contribution in [0.25, 0.3) is 0 Å². The number of carbonyl (C=O) groups is 3. The SMILES string of the molecule is O=C(C[C@H]1C(=O)Nc2ccccc2N1C(=O)c1ccc(Cl)c([N+](=O)[O-])c1)Nc1cccc(C(F)(F)F)c1. The van der Waals surface area contributed by atoms with Crippen LogP contribution >= 0.6 is 11.6 Å². The number of anilines is 3. The Morgan fingerprint density at radius 3 is 2.51 bits per heavy atom. The highest BCUT2D eigenvalue weighted by molar-refractivity contribution is 6.33. The van der Waals surface area contributed by atoms with Gasteiger partial charge in [0.1, 0.15) is 11.1 Å². The summed E-state index contributed by atoms with van der Waals surface area (Å²) in [6.07, 6.45) is -5.24. The van der Waals surface area contributed by atoms with E-state index in [-0.39, 0.29) is 27.6 Å². The molecule has 4 rings (SSSR count). The fraction of sp³-hybridized carbons (Fsp3) is 0.125. The molecule has 3 aromatic rings. The average Bonchev–Trinajstić information content (AvgIpc) is 2.84. The van der Waals surface area contributed by atoms with Crippen LogP contribution in [0.4, 0.5) is 35.9 Å². The highest BCUT2D eigenvalue weighted by atomic mass is 35.5. The van der Waals surface area contributed by atoms with E-state index in [0.29, 0.717) is 0 Å². The second-order valence-electron chi connectivity index (χ2n) is 7.95. The Morgan fingerprint density at radius 1 is 1.08 bits per heavy atom. The van der Waals surface area contributed by atoms with Crippen LogP contribution in [0.1, 0.15) is 22.3 Å². The zero-order valence-corrected chi connectivity index (χ0v) is 19.3. The molecule has 9 nitrogen and oxygen atoms in total. The largest absolute Gasteiger partial charge is 0.416 e. The first-order chi connectivity index (χ1) is 17.5. The first-order valence-corrected chi connectivity index (χ1v) is 11.0. The van der Waals surface area contributed by atoms with Crippen molar-refractivity contribution in [3.8, 4) is 0 Å². The number of benzene rings is 3. The van der Waals surface area contributed by atoms with E-state index in [1.807, 2.05) is 0 Å². The number of para-hydroxylation sites is 2. The quantitative estimate of drug-likeness (QED) is 0.343. The fourth-order valence-corrected chi connectivity index (χ4v) is 4.00. The number of amides is 3. The Bertz CT molecular complexity index is 1430. The summed E-state index contributed by atoms with van der Waals surface area (Å²) >= 11 is 5.85. The molecule has 190 valence electrons. The Hall–Kier alpha value is -4.45. The molecule has 0 saturated heterocycles. The lowest BCUT2D eigenvalue weighted by Gasteiger charge is -2.36. The molecule has 3 aromatic carbocycles. The molecule has 0 aromatic heterocycles. The lowest BCUT2D eigenvalue weighted by Crippen LogP contribution is -2.52. The van der Waals surface area contributed by atoms with Gasteiger partial charge < -0.3 is 10.6 Å². The van der Waals surface area contributed by atoms with Gasteiger partial charge in [-0.2, -0.15) is 13.2 Å². The molecule has 13 heteroatoms. The van der Waals surface area contributed by atoms with Gasteiger partial charge in [0.2, 0.25) is 11.8 Å². The Balaban J connectivity index is 1.67. The van der Waals surface area contributed by atoms with Crippen molar-refractivity contribution in [2.75, 3.05) is 15.5 Å².